The Bertz CT molecular complexity index is 222. The molecule has 3 N–H and O–H groups in total. The van der Waals surface area contributed by atoms with Crippen molar-refractivity contribution in [2.24, 2.45) is 0 Å². The molecule has 0 atom stereocenters. The van der Waals surface area contributed by atoms with Gasteiger partial charge in [-0.2, -0.15) is 0 Å². The van der Waals surface area contributed by atoms with Crippen molar-refractivity contribution in [3.8, 4) is 0 Å². The topological polar surface area (TPSA) is 59.4 Å². The first-order valence-corrected chi connectivity index (χ1v) is 3.07. The number of nitrogen functional groups attached to an aromatic ring is 1. The van der Waals surface area contributed by atoms with Gasteiger partial charge in [-0.25, -0.2) is 0 Å². The van der Waals surface area contributed by atoms with E-state index in [1.165, 1.54) is 6.26 Å². The van der Waals surface area contributed by atoms with E-state index < -0.39 is 5.60 Å². The quantitative estimate of drug-likeness (QED) is 0.615. The Morgan fingerprint density at radius 2 is 2.20 bits per heavy atom. The van der Waals surface area contributed by atoms with Crippen molar-refractivity contribution in [1.29, 1.82) is 0 Å². The Labute approximate surface area is 59.5 Å². The van der Waals surface area contributed by atoms with Crippen LogP contribution in [0.15, 0.2) is 16.7 Å². The molecule has 3 heteroatoms. The van der Waals surface area contributed by atoms with Gasteiger partial charge in [0.25, 0.3) is 0 Å². The molecule has 0 amide bonds. The minimum atomic E-state index is -0.860. The first-order valence-electron chi connectivity index (χ1n) is 3.07. The van der Waals surface area contributed by atoms with Crippen molar-refractivity contribution >= 4 is 5.88 Å². The molecule has 56 valence electrons. The van der Waals surface area contributed by atoms with Crippen molar-refractivity contribution < 1.29 is 9.52 Å². The number of hydrogen-bond donors (Lipinski definition) is 2. The van der Waals surface area contributed by atoms with Gasteiger partial charge in [0.05, 0.1) is 11.9 Å². The highest BCUT2D eigenvalue weighted by atomic mass is 16.3. The lowest BCUT2D eigenvalue weighted by Gasteiger charge is -2.13. The standard InChI is InChI=1S/C7H11NO2/c1-7(2,9)5-3-6(8)10-4-5/h3-4,9H,8H2,1-2H3. The number of furan rings is 1. The van der Waals surface area contributed by atoms with E-state index in [0.29, 0.717) is 11.4 Å². The summed E-state index contributed by atoms with van der Waals surface area (Å²) >= 11 is 0. The Balaban J connectivity index is 2.96. The maximum absolute atomic E-state index is 9.39. The summed E-state index contributed by atoms with van der Waals surface area (Å²) in [5.41, 5.74) is 5.14. The van der Waals surface area contributed by atoms with Crippen molar-refractivity contribution in [3.05, 3.63) is 17.9 Å². The first kappa shape index (κ1) is 7.15. The predicted molar refractivity (Wildman–Crippen MR) is 38.4 cm³/mol. The minimum Gasteiger partial charge on any atom is -0.449 e. The van der Waals surface area contributed by atoms with E-state index in [9.17, 15) is 5.11 Å². The molecule has 0 saturated heterocycles. The molecule has 0 unspecified atom stereocenters. The van der Waals surface area contributed by atoms with Crippen LogP contribution in [-0.2, 0) is 5.60 Å². The molecule has 0 bridgehead atoms. The SMILES string of the molecule is CC(C)(O)c1coc(N)c1. The molecule has 3 nitrogen and oxygen atoms in total. The van der Waals surface area contributed by atoms with Crippen LogP contribution in [0, 0.1) is 0 Å². The van der Waals surface area contributed by atoms with E-state index >= 15 is 0 Å². The third-order valence-corrected chi connectivity index (χ3v) is 1.33. The number of nitrogens with two attached hydrogens (primary N) is 1. The summed E-state index contributed by atoms with van der Waals surface area (Å²) in [5.74, 6) is 0.331. The van der Waals surface area contributed by atoms with Crippen LogP contribution in [0.4, 0.5) is 5.88 Å². The summed E-state index contributed by atoms with van der Waals surface area (Å²) in [6, 6.07) is 1.61. The predicted octanol–water partition coefficient (Wildman–Crippen LogP) is 1.09. The number of anilines is 1. The Kier molecular flexibility index (Phi) is 1.45. The third-order valence-electron chi connectivity index (χ3n) is 1.33. The fourth-order valence-corrected chi connectivity index (χ4v) is 0.674. The lowest BCUT2D eigenvalue weighted by atomic mass is 10.0. The molecule has 1 aromatic rings. The average molecular weight is 141 g/mol. The van der Waals surface area contributed by atoms with Gasteiger partial charge in [0.2, 0.25) is 0 Å². The molecule has 0 radical (unpaired) electrons. The van der Waals surface area contributed by atoms with Gasteiger partial charge in [0.1, 0.15) is 0 Å². The third kappa shape index (κ3) is 1.30. The van der Waals surface area contributed by atoms with Crippen LogP contribution in [0.1, 0.15) is 19.4 Å². The molecule has 1 heterocycles. The minimum absolute atomic E-state index is 0.331. The Hall–Kier alpha value is -0.960. The number of hydrogen-bond acceptors (Lipinski definition) is 3. The van der Waals surface area contributed by atoms with Gasteiger partial charge < -0.3 is 15.3 Å². The molecule has 0 fully saturated rings. The Morgan fingerprint density at radius 3 is 2.40 bits per heavy atom. The summed E-state index contributed by atoms with van der Waals surface area (Å²) in [6.07, 6.45) is 1.45. The highest BCUT2D eigenvalue weighted by molar-refractivity contribution is 5.31. The molecular weight excluding hydrogens is 130 g/mol. The largest absolute Gasteiger partial charge is 0.449 e. The second-order valence-corrected chi connectivity index (χ2v) is 2.80. The van der Waals surface area contributed by atoms with Crippen LogP contribution >= 0.6 is 0 Å². The Morgan fingerprint density at radius 1 is 1.60 bits per heavy atom. The molecule has 0 aromatic carbocycles. The van der Waals surface area contributed by atoms with Gasteiger partial charge in [-0.05, 0) is 13.8 Å². The number of aliphatic hydroxyl groups is 1. The van der Waals surface area contributed by atoms with E-state index in [4.69, 9.17) is 10.2 Å². The summed E-state index contributed by atoms with van der Waals surface area (Å²) in [5, 5.41) is 9.39. The van der Waals surface area contributed by atoms with Crippen LogP contribution in [0.25, 0.3) is 0 Å². The normalized spacial score (nSPS) is 11.9. The van der Waals surface area contributed by atoms with Crippen molar-refractivity contribution in [2.45, 2.75) is 19.4 Å². The zero-order chi connectivity index (χ0) is 7.78. The zero-order valence-corrected chi connectivity index (χ0v) is 6.09. The highest BCUT2D eigenvalue weighted by Crippen LogP contribution is 2.22. The summed E-state index contributed by atoms with van der Waals surface area (Å²) in [6.45, 7) is 3.36. The maximum Gasteiger partial charge on any atom is 0.190 e. The molecule has 0 saturated carbocycles. The molecule has 1 aromatic heterocycles. The summed E-state index contributed by atoms with van der Waals surface area (Å²) < 4.78 is 4.81. The first-order chi connectivity index (χ1) is 4.50. The van der Waals surface area contributed by atoms with Gasteiger partial charge in [0.15, 0.2) is 5.88 Å². The molecule has 1 rings (SSSR count). The molecule has 0 aliphatic rings. The summed E-state index contributed by atoms with van der Waals surface area (Å²) in [4.78, 5) is 0. The van der Waals surface area contributed by atoms with Crippen LogP contribution in [0.2, 0.25) is 0 Å². The van der Waals surface area contributed by atoms with Gasteiger partial charge in [0, 0.05) is 11.6 Å². The van der Waals surface area contributed by atoms with Crippen LogP contribution in [-0.4, -0.2) is 5.11 Å². The van der Waals surface area contributed by atoms with Gasteiger partial charge in [-0.1, -0.05) is 0 Å². The second kappa shape index (κ2) is 2.02. The maximum atomic E-state index is 9.39. The monoisotopic (exact) mass is 141 g/mol. The molecular formula is C7H11NO2. The van der Waals surface area contributed by atoms with E-state index in [1.54, 1.807) is 19.9 Å². The molecule has 0 aliphatic carbocycles. The fourth-order valence-electron chi connectivity index (χ4n) is 0.674. The van der Waals surface area contributed by atoms with E-state index in [2.05, 4.69) is 0 Å². The van der Waals surface area contributed by atoms with Gasteiger partial charge in [-0.15, -0.1) is 0 Å². The molecule has 0 spiro atoms. The average Bonchev–Trinajstić information content (AvgIpc) is 2.11. The highest BCUT2D eigenvalue weighted by Gasteiger charge is 2.17. The smallest absolute Gasteiger partial charge is 0.190 e. The second-order valence-electron chi connectivity index (χ2n) is 2.80. The fraction of sp³-hybridized carbons (Fsp3) is 0.429. The van der Waals surface area contributed by atoms with Crippen LogP contribution < -0.4 is 5.73 Å². The van der Waals surface area contributed by atoms with Crippen molar-refractivity contribution in [2.75, 3.05) is 5.73 Å². The molecule has 10 heavy (non-hydrogen) atoms. The lowest BCUT2D eigenvalue weighted by molar-refractivity contribution is 0.0779. The number of rotatable bonds is 1. The summed E-state index contributed by atoms with van der Waals surface area (Å²) in [7, 11) is 0. The van der Waals surface area contributed by atoms with Crippen molar-refractivity contribution in [1.82, 2.24) is 0 Å². The molecule has 0 aliphatic heterocycles. The van der Waals surface area contributed by atoms with E-state index in [1.807, 2.05) is 0 Å². The van der Waals surface area contributed by atoms with Gasteiger partial charge in [-0.3, -0.25) is 0 Å². The van der Waals surface area contributed by atoms with E-state index in [-0.39, 0.29) is 0 Å². The van der Waals surface area contributed by atoms with Crippen molar-refractivity contribution in [3.63, 3.8) is 0 Å². The van der Waals surface area contributed by atoms with Crippen LogP contribution in [0.3, 0.4) is 0 Å². The van der Waals surface area contributed by atoms with Crippen LogP contribution in [0.5, 0.6) is 0 Å². The van der Waals surface area contributed by atoms with Gasteiger partial charge >= 0.3 is 0 Å². The lowest BCUT2D eigenvalue weighted by Crippen LogP contribution is -2.13. The zero-order valence-electron chi connectivity index (χ0n) is 6.09. The van der Waals surface area contributed by atoms with E-state index in [0.717, 1.165) is 0 Å².